The summed E-state index contributed by atoms with van der Waals surface area (Å²) in [6.07, 6.45) is 0. The number of nitro benzene ring substituents is 1. The average Bonchev–Trinajstić information content (AvgIpc) is 2.39. The molecule has 0 bridgehead atoms. The first-order chi connectivity index (χ1) is 8.18. The second-order valence-electron chi connectivity index (χ2n) is 4.31. The lowest BCUT2D eigenvalue weighted by Gasteiger charge is -2.33. The van der Waals surface area contributed by atoms with Crippen molar-refractivity contribution in [1.29, 1.82) is 0 Å². The molecule has 7 heteroatoms. The molecule has 1 N–H and O–H groups in total. The fraction of sp³-hybridized carbons (Fsp3) is 0.500. The third kappa shape index (κ3) is 4.62. The van der Waals surface area contributed by atoms with Crippen LogP contribution in [0.25, 0.3) is 0 Å². The zero-order valence-corrected chi connectivity index (χ0v) is 12.4. The van der Waals surface area contributed by atoms with E-state index in [-0.39, 0.29) is 35.4 Å². The first-order valence-corrected chi connectivity index (χ1v) is 5.87. The highest BCUT2D eigenvalue weighted by Gasteiger charge is 2.18. The van der Waals surface area contributed by atoms with Crippen LogP contribution in [0.15, 0.2) is 24.3 Å². The number of rotatable bonds is 3. The number of nitrogens with one attached hydrogen (secondary N) is 1. The summed E-state index contributed by atoms with van der Waals surface area (Å²) in [5.74, 6) is 0. The van der Waals surface area contributed by atoms with Gasteiger partial charge in [0.05, 0.1) is 4.92 Å². The molecule has 0 unspecified atom stereocenters. The van der Waals surface area contributed by atoms with Gasteiger partial charge in [-0.2, -0.15) is 0 Å². The minimum atomic E-state index is -0.362. The molecule has 0 saturated carbocycles. The van der Waals surface area contributed by atoms with E-state index in [1.807, 2.05) is 12.1 Å². The Balaban J connectivity index is 0.00000162. The van der Waals surface area contributed by atoms with Gasteiger partial charge in [-0.05, 0) is 12.5 Å². The molecule has 1 aromatic carbocycles. The molecule has 0 aliphatic carbocycles. The van der Waals surface area contributed by atoms with E-state index >= 15 is 0 Å². The maximum atomic E-state index is 10.6. The zero-order chi connectivity index (χ0) is 12.3. The predicted molar refractivity (Wildman–Crippen MR) is 80.5 cm³/mol. The van der Waals surface area contributed by atoms with Crippen LogP contribution in [0.4, 0.5) is 5.69 Å². The largest absolute Gasteiger partial charge is 0.314 e. The van der Waals surface area contributed by atoms with Crippen LogP contribution < -0.4 is 5.32 Å². The molecule has 1 fully saturated rings. The smallest absolute Gasteiger partial charge is 0.269 e. The maximum Gasteiger partial charge on any atom is 0.269 e. The molecule has 0 spiro atoms. The molecule has 1 aliphatic heterocycles. The van der Waals surface area contributed by atoms with Crippen molar-refractivity contribution in [3.8, 4) is 0 Å². The molecule has 5 nitrogen and oxygen atoms in total. The number of nitrogens with zero attached hydrogens (tertiary/aromatic N) is 2. The van der Waals surface area contributed by atoms with Gasteiger partial charge in [0.1, 0.15) is 0 Å². The summed E-state index contributed by atoms with van der Waals surface area (Å²) in [7, 11) is 0. The summed E-state index contributed by atoms with van der Waals surface area (Å²) in [6, 6.07) is 7.18. The molecule has 0 radical (unpaired) electrons. The molecule has 1 aromatic rings. The van der Waals surface area contributed by atoms with Gasteiger partial charge in [-0.25, -0.2) is 0 Å². The highest BCUT2D eigenvalue weighted by molar-refractivity contribution is 5.85. The van der Waals surface area contributed by atoms with Gasteiger partial charge in [0, 0.05) is 44.4 Å². The van der Waals surface area contributed by atoms with Crippen molar-refractivity contribution in [3.63, 3.8) is 0 Å². The maximum absolute atomic E-state index is 10.6. The van der Waals surface area contributed by atoms with Crippen molar-refractivity contribution < 1.29 is 4.92 Å². The summed E-state index contributed by atoms with van der Waals surface area (Å²) in [5, 5.41) is 13.9. The molecule has 108 valence electrons. The standard InChI is InChI=1S/C12H17N3O2.2ClH/c1-10(14-8-6-13-7-9-14)11-2-4-12(5-3-11)15(16)17;;/h2-5,10,13H,6-9H2,1H3;2*1H/t10-;;/m1../s1. The molecule has 19 heavy (non-hydrogen) atoms. The number of halogens is 2. The summed E-state index contributed by atoms with van der Waals surface area (Å²) < 4.78 is 0. The number of hydrogen-bond acceptors (Lipinski definition) is 4. The van der Waals surface area contributed by atoms with Gasteiger partial charge in [-0.15, -0.1) is 24.8 Å². The Morgan fingerprint density at radius 1 is 1.21 bits per heavy atom. The summed E-state index contributed by atoms with van der Waals surface area (Å²) in [4.78, 5) is 12.6. The van der Waals surface area contributed by atoms with E-state index in [0.717, 1.165) is 31.7 Å². The van der Waals surface area contributed by atoms with Gasteiger partial charge in [-0.1, -0.05) is 12.1 Å². The van der Waals surface area contributed by atoms with Gasteiger partial charge in [0.2, 0.25) is 0 Å². The first-order valence-electron chi connectivity index (χ1n) is 5.87. The van der Waals surface area contributed by atoms with Crippen LogP contribution in [0.2, 0.25) is 0 Å². The van der Waals surface area contributed by atoms with E-state index in [0.29, 0.717) is 6.04 Å². The number of benzene rings is 1. The van der Waals surface area contributed by atoms with Crippen LogP contribution in [0.1, 0.15) is 18.5 Å². The van der Waals surface area contributed by atoms with Crippen molar-refractivity contribution >= 4 is 30.5 Å². The van der Waals surface area contributed by atoms with Crippen molar-refractivity contribution in [2.75, 3.05) is 26.2 Å². The predicted octanol–water partition coefficient (Wildman–Crippen LogP) is 2.40. The highest BCUT2D eigenvalue weighted by atomic mass is 35.5. The van der Waals surface area contributed by atoms with Gasteiger partial charge >= 0.3 is 0 Å². The Morgan fingerprint density at radius 2 is 1.74 bits per heavy atom. The Kier molecular flexibility index (Phi) is 7.94. The van der Waals surface area contributed by atoms with E-state index < -0.39 is 0 Å². The Bertz CT molecular complexity index is 394. The van der Waals surface area contributed by atoms with E-state index in [1.54, 1.807) is 12.1 Å². The van der Waals surface area contributed by atoms with E-state index in [9.17, 15) is 10.1 Å². The van der Waals surface area contributed by atoms with Crippen molar-refractivity contribution in [2.24, 2.45) is 0 Å². The quantitative estimate of drug-likeness (QED) is 0.688. The zero-order valence-electron chi connectivity index (χ0n) is 10.7. The monoisotopic (exact) mass is 307 g/mol. The lowest BCUT2D eigenvalue weighted by Crippen LogP contribution is -2.44. The number of nitro groups is 1. The third-order valence-corrected chi connectivity index (χ3v) is 3.29. The summed E-state index contributed by atoms with van der Waals surface area (Å²) in [6.45, 7) is 6.22. The lowest BCUT2D eigenvalue weighted by atomic mass is 10.1. The number of hydrogen-bond donors (Lipinski definition) is 1. The molecule has 0 amide bonds. The third-order valence-electron chi connectivity index (χ3n) is 3.29. The second kappa shape index (κ2) is 8.32. The molecule has 1 atom stereocenters. The second-order valence-corrected chi connectivity index (χ2v) is 4.31. The van der Waals surface area contributed by atoms with Crippen molar-refractivity contribution in [3.05, 3.63) is 39.9 Å². The SMILES string of the molecule is C[C@H](c1ccc([N+](=O)[O-])cc1)N1CCNCC1.Cl.Cl. The highest BCUT2D eigenvalue weighted by Crippen LogP contribution is 2.22. The molecule has 0 aromatic heterocycles. The molecule has 1 saturated heterocycles. The van der Waals surface area contributed by atoms with Crippen LogP contribution in [0.3, 0.4) is 0 Å². The van der Waals surface area contributed by atoms with Crippen LogP contribution in [-0.2, 0) is 0 Å². The molecular formula is C12H19Cl2N3O2. The normalized spacial score (nSPS) is 16.9. The molecular weight excluding hydrogens is 289 g/mol. The van der Waals surface area contributed by atoms with Gasteiger partial charge < -0.3 is 5.32 Å². The number of non-ortho nitro benzene ring substituents is 1. The average molecular weight is 308 g/mol. The fourth-order valence-corrected chi connectivity index (χ4v) is 2.15. The van der Waals surface area contributed by atoms with Crippen molar-refractivity contribution in [2.45, 2.75) is 13.0 Å². The van der Waals surface area contributed by atoms with E-state index in [4.69, 9.17) is 0 Å². The van der Waals surface area contributed by atoms with E-state index in [2.05, 4.69) is 17.1 Å². The molecule has 2 rings (SSSR count). The van der Waals surface area contributed by atoms with E-state index in [1.165, 1.54) is 0 Å². The minimum absolute atomic E-state index is 0. The van der Waals surface area contributed by atoms with Crippen molar-refractivity contribution in [1.82, 2.24) is 10.2 Å². The summed E-state index contributed by atoms with van der Waals surface area (Å²) in [5.41, 5.74) is 1.29. The van der Waals surface area contributed by atoms with Crippen LogP contribution >= 0.6 is 24.8 Å². The first kappa shape index (κ1) is 18.1. The fourth-order valence-electron chi connectivity index (χ4n) is 2.15. The lowest BCUT2D eigenvalue weighted by molar-refractivity contribution is -0.384. The number of piperazine rings is 1. The van der Waals surface area contributed by atoms with Crippen LogP contribution in [-0.4, -0.2) is 36.0 Å². The van der Waals surface area contributed by atoms with Gasteiger partial charge in [-0.3, -0.25) is 15.0 Å². The van der Waals surface area contributed by atoms with Crippen LogP contribution in [0, 0.1) is 10.1 Å². The van der Waals surface area contributed by atoms with Gasteiger partial charge in [0.25, 0.3) is 5.69 Å². The Morgan fingerprint density at radius 3 is 2.21 bits per heavy atom. The topological polar surface area (TPSA) is 58.4 Å². The minimum Gasteiger partial charge on any atom is -0.314 e. The Labute approximate surface area is 125 Å². The molecule has 1 aliphatic rings. The molecule has 1 heterocycles. The summed E-state index contributed by atoms with van der Waals surface area (Å²) >= 11 is 0. The van der Waals surface area contributed by atoms with Gasteiger partial charge in [0.15, 0.2) is 0 Å². The Hall–Kier alpha value is -0.880. The van der Waals surface area contributed by atoms with Crippen LogP contribution in [0.5, 0.6) is 0 Å².